The van der Waals surface area contributed by atoms with Gasteiger partial charge in [0, 0.05) is 4.90 Å². The molecule has 2 N–H and O–H groups in total. The van der Waals surface area contributed by atoms with Crippen molar-refractivity contribution in [2.75, 3.05) is 10.8 Å². The number of anilines is 2. The third-order valence-corrected chi connectivity index (χ3v) is 4.97. The number of hydrogen-bond donors (Lipinski definition) is 1. The third-order valence-electron chi connectivity index (χ3n) is 2.97. The number of nitrogens with two attached hydrogens (primary N) is 1. The molecule has 0 unspecified atom stereocenters. The molecule has 2 aromatic rings. The Labute approximate surface area is 116 Å². The number of para-hydroxylation sites is 2. The van der Waals surface area contributed by atoms with Crippen molar-refractivity contribution in [3.8, 4) is 0 Å². The van der Waals surface area contributed by atoms with Gasteiger partial charge in [-0.15, -0.1) is 11.8 Å². The zero-order valence-corrected chi connectivity index (χ0v) is 11.6. The van der Waals surface area contributed by atoms with Crippen LogP contribution in [0.1, 0.15) is 0 Å². The first-order valence-corrected chi connectivity index (χ1v) is 8.22. The summed E-state index contributed by atoms with van der Waals surface area (Å²) in [5.41, 5.74) is 1.64. The predicted molar refractivity (Wildman–Crippen MR) is 77.1 cm³/mol. The van der Waals surface area contributed by atoms with Gasteiger partial charge in [-0.25, -0.2) is 13.6 Å². The van der Waals surface area contributed by atoms with Crippen LogP contribution in [0.3, 0.4) is 0 Å². The SMILES string of the molecule is NS(=O)(=O)c1ccccc1N1CSc2ccccc21. The van der Waals surface area contributed by atoms with Gasteiger partial charge in [0.2, 0.25) is 10.0 Å². The van der Waals surface area contributed by atoms with Gasteiger partial charge in [-0.3, -0.25) is 0 Å². The number of benzene rings is 2. The van der Waals surface area contributed by atoms with Crippen LogP contribution in [0.15, 0.2) is 58.3 Å². The molecule has 1 aliphatic heterocycles. The van der Waals surface area contributed by atoms with Crippen LogP contribution in [-0.2, 0) is 10.0 Å². The molecule has 98 valence electrons. The van der Waals surface area contributed by atoms with Crippen molar-refractivity contribution in [1.29, 1.82) is 0 Å². The largest absolute Gasteiger partial charge is 0.329 e. The van der Waals surface area contributed by atoms with Crippen LogP contribution in [-0.4, -0.2) is 14.3 Å². The number of hydrogen-bond acceptors (Lipinski definition) is 4. The molecule has 0 bridgehead atoms. The van der Waals surface area contributed by atoms with Gasteiger partial charge in [0.25, 0.3) is 0 Å². The molecule has 4 nitrogen and oxygen atoms in total. The Morgan fingerprint density at radius 1 is 1.00 bits per heavy atom. The van der Waals surface area contributed by atoms with Gasteiger partial charge in [0.1, 0.15) is 4.90 Å². The first-order valence-electron chi connectivity index (χ1n) is 5.68. The molecule has 0 amide bonds. The van der Waals surface area contributed by atoms with Gasteiger partial charge in [0.05, 0.1) is 17.3 Å². The highest BCUT2D eigenvalue weighted by Gasteiger charge is 2.25. The molecule has 0 fully saturated rings. The Morgan fingerprint density at radius 3 is 2.37 bits per heavy atom. The Balaban J connectivity index is 2.16. The van der Waals surface area contributed by atoms with Crippen molar-refractivity contribution in [2.24, 2.45) is 5.14 Å². The Hall–Kier alpha value is -1.50. The van der Waals surface area contributed by atoms with Gasteiger partial charge in [-0.2, -0.15) is 0 Å². The first kappa shape index (κ1) is 12.5. The second kappa shape index (κ2) is 4.56. The maximum atomic E-state index is 11.7. The molecule has 19 heavy (non-hydrogen) atoms. The smallest absolute Gasteiger partial charge is 0.240 e. The summed E-state index contributed by atoms with van der Waals surface area (Å²) in [7, 11) is -3.72. The van der Waals surface area contributed by atoms with Crippen LogP contribution < -0.4 is 10.0 Å². The summed E-state index contributed by atoms with van der Waals surface area (Å²) in [6.45, 7) is 0. The van der Waals surface area contributed by atoms with E-state index in [0.29, 0.717) is 11.6 Å². The molecule has 0 aliphatic carbocycles. The molecule has 1 aliphatic rings. The Morgan fingerprint density at radius 2 is 1.63 bits per heavy atom. The predicted octanol–water partition coefficient (Wildman–Crippen LogP) is 2.54. The van der Waals surface area contributed by atoms with Crippen LogP contribution >= 0.6 is 11.8 Å². The molecule has 0 saturated carbocycles. The van der Waals surface area contributed by atoms with E-state index < -0.39 is 10.0 Å². The van der Waals surface area contributed by atoms with E-state index in [1.807, 2.05) is 35.2 Å². The van der Waals surface area contributed by atoms with Gasteiger partial charge in [-0.1, -0.05) is 24.3 Å². The molecule has 0 radical (unpaired) electrons. The van der Waals surface area contributed by atoms with E-state index in [2.05, 4.69) is 0 Å². The number of nitrogens with zero attached hydrogens (tertiary/aromatic N) is 1. The van der Waals surface area contributed by atoms with E-state index in [1.54, 1.807) is 23.9 Å². The topological polar surface area (TPSA) is 63.4 Å². The zero-order chi connectivity index (χ0) is 13.5. The van der Waals surface area contributed by atoms with Crippen molar-refractivity contribution in [3.05, 3.63) is 48.5 Å². The highest BCUT2D eigenvalue weighted by atomic mass is 32.2. The van der Waals surface area contributed by atoms with Crippen LogP contribution in [0.25, 0.3) is 0 Å². The molecule has 0 atom stereocenters. The first-order chi connectivity index (χ1) is 9.07. The molecule has 1 heterocycles. The molecular weight excluding hydrogens is 280 g/mol. The maximum Gasteiger partial charge on any atom is 0.240 e. The average Bonchev–Trinajstić information content (AvgIpc) is 2.81. The fourth-order valence-electron chi connectivity index (χ4n) is 2.13. The molecule has 0 aromatic heterocycles. The van der Waals surface area contributed by atoms with E-state index in [9.17, 15) is 8.42 Å². The molecule has 3 rings (SSSR count). The third kappa shape index (κ3) is 2.22. The Bertz CT molecular complexity index is 729. The van der Waals surface area contributed by atoms with Gasteiger partial charge < -0.3 is 4.90 Å². The van der Waals surface area contributed by atoms with Gasteiger partial charge in [-0.05, 0) is 24.3 Å². The van der Waals surface area contributed by atoms with Crippen LogP contribution in [0.4, 0.5) is 11.4 Å². The minimum atomic E-state index is -3.72. The maximum absolute atomic E-state index is 11.7. The average molecular weight is 292 g/mol. The lowest BCUT2D eigenvalue weighted by molar-refractivity contribution is 0.598. The lowest BCUT2D eigenvalue weighted by atomic mass is 10.2. The minimum Gasteiger partial charge on any atom is -0.329 e. The summed E-state index contributed by atoms with van der Waals surface area (Å²) in [6.07, 6.45) is 0. The van der Waals surface area contributed by atoms with Crippen LogP contribution in [0.5, 0.6) is 0 Å². The Kier molecular flexibility index (Phi) is 3.00. The number of primary sulfonamides is 1. The van der Waals surface area contributed by atoms with E-state index in [4.69, 9.17) is 5.14 Å². The van der Waals surface area contributed by atoms with Crippen molar-refractivity contribution in [2.45, 2.75) is 9.79 Å². The normalized spacial score (nSPS) is 14.5. The number of rotatable bonds is 2. The second-order valence-electron chi connectivity index (χ2n) is 4.18. The summed E-state index contributed by atoms with van der Waals surface area (Å²) in [4.78, 5) is 3.28. The fraction of sp³-hybridized carbons (Fsp3) is 0.0769. The van der Waals surface area contributed by atoms with Gasteiger partial charge >= 0.3 is 0 Å². The minimum absolute atomic E-state index is 0.160. The van der Waals surface area contributed by atoms with Gasteiger partial charge in [0.15, 0.2) is 0 Å². The molecule has 2 aromatic carbocycles. The van der Waals surface area contributed by atoms with Crippen LogP contribution in [0, 0.1) is 0 Å². The molecule has 0 saturated heterocycles. The number of sulfonamides is 1. The molecule has 0 spiro atoms. The van der Waals surface area contributed by atoms with E-state index in [0.717, 1.165) is 10.6 Å². The van der Waals surface area contributed by atoms with E-state index in [1.165, 1.54) is 6.07 Å². The summed E-state index contributed by atoms with van der Waals surface area (Å²) < 4.78 is 23.3. The highest BCUT2D eigenvalue weighted by molar-refractivity contribution is 8.00. The lowest BCUT2D eigenvalue weighted by Gasteiger charge is -2.20. The van der Waals surface area contributed by atoms with E-state index >= 15 is 0 Å². The van der Waals surface area contributed by atoms with Crippen molar-refractivity contribution in [3.63, 3.8) is 0 Å². The second-order valence-corrected chi connectivity index (χ2v) is 6.70. The number of fused-ring (bicyclic) bond motifs is 1. The van der Waals surface area contributed by atoms with Crippen molar-refractivity contribution < 1.29 is 8.42 Å². The van der Waals surface area contributed by atoms with E-state index in [-0.39, 0.29) is 4.90 Å². The van der Waals surface area contributed by atoms with Crippen molar-refractivity contribution in [1.82, 2.24) is 0 Å². The summed E-state index contributed by atoms with van der Waals surface area (Å²) in [5, 5.41) is 5.28. The summed E-state index contributed by atoms with van der Waals surface area (Å²) >= 11 is 1.68. The summed E-state index contributed by atoms with van der Waals surface area (Å²) in [5.74, 6) is 0.686. The number of thioether (sulfide) groups is 1. The highest BCUT2D eigenvalue weighted by Crippen LogP contribution is 2.43. The fourth-order valence-corrected chi connectivity index (χ4v) is 3.91. The quantitative estimate of drug-likeness (QED) is 0.924. The molecular formula is C13H12N2O2S2. The standard InChI is InChI=1S/C13H12N2O2S2/c14-19(16,17)13-8-4-2-6-11(13)15-9-18-12-7-3-1-5-10(12)15/h1-8H,9H2,(H2,14,16,17). The lowest BCUT2D eigenvalue weighted by Crippen LogP contribution is -2.19. The molecule has 6 heteroatoms. The van der Waals surface area contributed by atoms with Crippen LogP contribution in [0.2, 0.25) is 0 Å². The van der Waals surface area contributed by atoms with Crippen molar-refractivity contribution >= 4 is 33.2 Å². The summed E-state index contributed by atoms with van der Waals surface area (Å²) in [6, 6.07) is 14.7. The zero-order valence-electron chi connectivity index (χ0n) is 9.98. The monoisotopic (exact) mass is 292 g/mol.